The first-order chi connectivity index (χ1) is 15.7. The highest BCUT2D eigenvalue weighted by molar-refractivity contribution is 5.95. The van der Waals surface area contributed by atoms with Crippen LogP contribution in [0.5, 0.6) is 0 Å². The molecule has 0 radical (unpaired) electrons. The van der Waals surface area contributed by atoms with Gasteiger partial charge in [-0.25, -0.2) is 0 Å². The van der Waals surface area contributed by atoms with Crippen LogP contribution >= 0.6 is 0 Å². The summed E-state index contributed by atoms with van der Waals surface area (Å²) in [6.45, 7) is 7.34. The van der Waals surface area contributed by atoms with Gasteiger partial charge >= 0.3 is 0 Å². The molecule has 0 amide bonds. The third-order valence-electron chi connectivity index (χ3n) is 10.8. The summed E-state index contributed by atoms with van der Waals surface area (Å²) in [6.07, 6.45) is 3.32. The molecular formula is C27H44O7. The van der Waals surface area contributed by atoms with E-state index >= 15 is 0 Å². The van der Waals surface area contributed by atoms with Gasteiger partial charge in [-0.1, -0.05) is 20.8 Å². The maximum absolute atomic E-state index is 13.2. The van der Waals surface area contributed by atoms with Gasteiger partial charge in [-0.2, -0.15) is 0 Å². The van der Waals surface area contributed by atoms with Gasteiger partial charge in [0.15, 0.2) is 5.78 Å². The number of carbonyl (C=O) groups is 1. The summed E-state index contributed by atoms with van der Waals surface area (Å²) in [4.78, 5) is 13.2. The molecule has 0 aromatic carbocycles. The molecule has 4 aliphatic carbocycles. The van der Waals surface area contributed by atoms with Crippen LogP contribution in [0, 0.1) is 34.5 Å². The lowest BCUT2D eigenvalue weighted by atomic mass is 9.46. The Morgan fingerprint density at radius 3 is 2.47 bits per heavy atom. The second-order valence-corrected chi connectivity index (χ2v) is 12.8. The van der Waals surface area contributed by atoms with Crippen molar-refractivity contribution >= 4 is 5.78 Å². The highest BCUT2D eigenvalue weighted by Gasteiger charge is 2.67. The number of ketones is 1. The van der Waals surface area contributed by atoms with Gasteiger partial charge in [-0.3, -0.25) is 4.79 Å². The lowest BCUT2D eigenvalue weighted by Crippen LogP contribution is -2.61. The van der Waals surface area contributed by atoms with Crippen LogP contribution in [0.15, 0.2) is 11.6 Å². The van der Waals surface area contributed by atoms with Crippen LogP contribution in [0.1, 0.15) is 79.1 Å². The van der Waals surface area contributed by atoms with Crippen LogP contribution in [0.25, 0.3) is 0 Å². The maximum Gasteiger partial charge on any atom is 0.159 e. The van der Waals surface area contributed by atoms with E-state index in [-0.39, 0.29) is 42.5 Å². The minimum atomic E-state index is -1.23. The van der Waals surface area contributed by atoms with E-state index in [2.05, 4.69) is 6.92 Å². The largest absolute Gasteiger partial charge is 0.393 e. The van der Waals surface area contributed by atoms with E-state index in [1.54, 1.807) is 13.0 Å². The molecular weight excluding hydrogens is 436 g/mol. The molecule has 0 aromatic rings. The first-order valence-electron chi connectivity index (χ1n) is 13.1. The van der Waals surface area contributed by atoms with Crippen molar-refractivity contribution in [3.8, 4) is 0 Å². The van der Waals surface area contributed by atoms with E-state index < -0.39 is 40.3 Å². The number of fused-ring (bicyclic) bond motifs is 5. The van der Waals surface area contributed by atoms with Gasteiger partial charge in [-0.05, 0) is 93.1 Å². The minimum Gasteiger partial charge on any atom is -0.393 e. The van der Waals surface area contributed by atoms with E-state index in [4.69, 9.17) is 0 Å². The topological polar surface area (TPSA) is 138 Å². The molecule has 0 aromatic heterocycles. The van der Waals surface area contributed by atoms with Crippen molar-refractivity contribution in [1.29, 1.82) is 0 Å². The Balaban J connectivity index is 1.60. The molecule has 0 bridgehead atoms. The van der Waals surface area contributed by atoms with Crippen molar-refractivity contribution in [1.82, 2.24) is 0 Å². The summed E-state index contributed by atoms with van der Waals surface area (Å²) in [5, 5.41) is 63.3. The molecule has 2 unspecified atom stereocenters. The summed E-state index contributed by atoms with van der Waals surface area (Å²) in [5.41, 5.74) is -2.56. The number of aliphatic hydroxyl groups excluding tert-OH is 4. The van der Waals surface area contributed by atoms with Crippen molar-refractivity contribution in [2.75, 3.05) is 6.61 Å². The fourth-order valence-electron chi connectivity index (χ4n) is 8.32. The van der Waals surface area contributed by atoms with E-state index in [1.807, 2.05) is 13.8 Å². The van der Waals surface area contributed by atoms with Gasteiger partial charge in [0.2, 0.25) is 0 Å². The molecule has 0 spiro atoms. The molecule has 4 rings (SSSR count). The van der Waals surface area contributed by atoms with E-state index in [0.29, 0.717) is 25.7 Å². The van der Waals surface area contributed by atoms with Gasteiger partial charge in [0.1, 0.15) is 0 Å². The first-order valence-corrected chi connectivity index (χ1v) is 13.1. The molecule has 11 atom stereocenters. The lowest BCUT2D eigenvalue weighted by molar-refractivity contribution is -0.154. The molecule has 0 heterocycles. The number of hydrogen-bond donors (Lipinski definition) is 6. The molecule has 3 fully saturated rings. The third kappa shape index (κ3) is 3.82. The van der Waals surface area contributed by atoms with Crippen LogP contribution in [0.2, 0.25) is 0 Å². The average Bonchev–Trinajstić information content (AvgIpc) is 3.05. The molecule has 194 valence electrons. The molecule has 7 heteroatoms. The van der Waals surface area contributed by atoms with E-state index in [1.165, 1.54) is 0 Å². The van der Waals surface area contributed by atoms with Gasteiger partial charge < -0.3 is 30.6 Å². The Morgan fingerprint density at radius 2 is 1.82 bits per heavy atom. The molecule has 0 aliphatic heterocycles. The van der Waals surface area contributed by atoms with Gasteiger partial charge in [0.25, 0.3) is 0 Å². The zero-order chi connectivity index (χ0) is 25.3. The van der Waals surface area contributed by atoms with Crippen molar-refractivity contribution in [2.24, 2.45) is 34.5 Å². The second-order valence-electron chi connectivity index (χ2n) is 12.8. The Morgan fingerprint density at radius 1 is 1.15 bits per heavy atom. The zero-order valence-electron chi connectivity index (χ0n) is 21.1. The molecule has 4 aliphatic rings. The zero-order valence-corrected chi connectivity index (χ0v) is 21.1. The van der Waals surface area contributed by atoms with Crippen molar-refractivity contribution < 1.29 is 35.4 Å². The Bertz CT molecular complexity index is 839. The van der Waals surface area contributed by atoms with Crippen molar-refractivity contribution in [3.05, 3.63) is 11.6 Å². The molecule has 6 N–H and O–H groups in total. The number of hydrogen-bond acceptors (Lipinski definition) is 7. The predicted octanol–water partition coefficient (Wildman–Crippen LogP) is 1.71. The van der Waals surface area contributed by atoms with E-state index in [0.717, 1.165) is 24.8 Å². The van der Waals surface area contributed by atoms with Gasteiger partial charge in [-0.15, -0.1) is 0 Å². The second kappa shape index (κ2) is 8.63. The van der Waals surface area contributed by atoms with Gasteiger partial charge in [0, 0.05) is 11.3 Å². The fraction of sp³-hybridized carbons (Fsp3) is 0.889. The number of aliphatic hydroxyl groups is 6. The Labute approximate surface area is 202 Å². The van der Waals surface area contributed by atoms with Crippen LogP contribution < -0.4 is 0 Å². The van der Waals surface area contributed by atoms with Gasteiger partial charge in [0.05, 0.1) is 36.1 Å². The quantitative estimate of drug-likeness (QED) is 0.340. The highest BCUT2D eigenvalue weighted by atomic mass is 16.3. The standard InChI is InChI=1S/C27H44O7/c1-15(20(29)7-8-24(2,33)14-28)16-6-10-27(34)18-11-21(30)19-12-22(31)23(32)13-25(19,3)17(18)5-9-26(16,27)4/h11,15-17,19-20,22-23,28-29,31-34H,5-10,12-14H2,1-4H3/t15-,16+,17?,19-,20+,22-,23-,24?,25+,26+,27+/m0/s1. The van der Waals surface area contributed by atoms with Crippen LogP contribution in [0.3, 0.4) is 0 Å². The number of allylic oxidation sites excluding steroid dienone is 1. The summed E-state index contributed by atoms with van der Waals surface area (Å²) in [5.74, 6) is -0.480. The molecule has 7 nitrogen and oxygen atoms in total. The monoisotopic (exact) mass is 480 g/mol. The number of rotatable bonds is 6. The summed E-state index contributed by atoms with van der Waals surface area (Å²) < 4.78 is 0. The van der Waals surface area contributed by atoms with Crippen LogP contribution in [-0.4, -0.2) is 72.5 Å². The smallest absolute Gasteiger partial charge is 0.159 e. The summed E-state index contributed by atoms with van der Waals surface area (Å²) >= 11 is 0. The van der Waals surface area contributed by atoms with Crippen LogP contribution in [0.4, 0.5) is 0 Å². The molecule has 0 saturated heterocycles. The van der Waals surface area contributed by atoms with Crippen LogP contribution in [-0.2, 0) is 4.79 Å². The van der Waals surface area contributed by atoms with Crippen molar-refractivity contribution in [3.63, 3.8) is 0 Å². The Kier molecular flexibility index (Phi) is 6.66. The fourth-order valence-corrected chi connectivity index (χ4v) is 8.32. The normalized spacial score (nSPS) is 47.6. The summed E-state index contributed by atoms with van der Waals surface area (Å²) in [7, 11) is 0. The first kappa shape index (κ1) is 26.2. The Hall–Kier alpha value is -0.830. The average molecular weight is 481 g/mol. The van der Waals surface area contributed by atoms with Crippen molar-refractivity contribution in [2.45, 2.75) is 109 Å². The molecule has 34 heavy (non-hydrogen) atoms. The maximum atomic E-state index is 13.2. The summed E-state index contributed by atoms with van der Waals surface area (Å²) in [6, 6.07) is 0. The third-order valence-corrected chi connectivity index (χ3v) is 10.8. The SMILES string of the molecule is C[C@H]([C@H](O)CCC(C)(O)CO)[C@H]1CC[C@@]2(O)C3=CC(=O)[C@@H]4C[C@H](O)[C@@H](O)C[C@]4(C)C3CC[C@]12C. The molecule has 3 saturated carbocycles. The highest BCUT2D eigenvalue weighted by Crippen LogP contribution is 2.68. The predicted molar refractivity (Wildman–Crippen MR) is 127 cm³/mol. The minimum absolute atomic E-state index is 0.0194. The number of carbonyl (C=O) groups excluding carboxylic acids is 1. The lowest BCUT2D eigenvalue weighted by Gasteiger charge is -2.60. The van der Waals surface area contributed by atoms with E-state index in [9.17, 15) is 35.4 Å².